The number of hydrogen-bond donors (Lipinski definition) is 3. The Morgan fingerprint density at radius 1 is 1.15 bits per heavy atom. The Bertz CT molecular complexity index is 1160. The maximum atomic E-state index is 13.1. The summed E-state index contributed by atoms with van der Waals surface area (Å²) in [7, 11) is -1.53. The van der Waals surface area contributed by atoms with E-state index < -0.39 is 21.8 Å². The van der Waals surface area contributed by atoms with E-state index >= 15 is 0 Å². The van der Waals surface area contributed by atoms with Crippen LogP contribution in [0.15, 0.2) is 29.2 Å². The lowest BCUT2D eigenvalue weighted by Gasteiger charge is -2.34. The largest absolute Gasteiger partial charge is 0.365 e. The van der Waals surface area contributed by atoms with Crippen LogP contribution in [0, 0.1) is 11.8 Å². The van der Waals surface area contributed by atoms with Gasteiger partial charge in [-0.25, -0.2) is 8.42 Å². The quantitative estimate of drug-likeness (QED) is 0.586. The van der Waals surface area contributed by atoms with Crippen molar-refractivity contribution in [1.82, 2.24) is 4.31 Å². The average Bonchev–Trinajstić information content (AvgIpc) is 3.10. The van der Waals surface area contributed by atoms with Gasteiger partial charge in [0.25, 0.3) is 11.8 Å². The van der Waals surface area contributed by atoms with Gasteiger partial charge in [0.1, 0.15) is 11.5 Å². The molecule has 2 aromatic rings. The Kier molecular flexibility index (Phi) is 6.63. The maximum absolute atomic E-state index is 13.1. The second kappa shape index (κ2) is 9.17. The first-order valence-corrected chi connectivity index (χ1v) is 13.5. The van der Waals surface area contributed by atoms with E-state index in [0.717, 1.165) is 36.4 Å². The highest BCUT2D eigenvalue weighted by molar-refractivity contribution is 7.89. The van der Waals surface area contributed by atoms with Gasteiger partial charge in [0.2, 0.25) is 10.0 Å². The van der Waals surface area contributed by atoms with Crippen LogP contribution in [0.25, 0.3) is 0 Å². The Labute approximate surface area is 198 Å². The molecule has 3 unspecified atom stereocenters. The molecular formula is C23H31N4O4S2+. The first-order chi connectivity index (χ1) is 15.6. The van der Waals surface area contributed by atoms with E-state index in [4.69, 9.17) is 5.73 Å². The summed E-state index contributed by atoms with van der Waals surface area (Å²) in [5.41, 5.74) is 7.27. The lowest BCUT2D eigenvalue weighted by molar-refractivity contribution is -0.895. The predicted molar refractivity (Wildman–Crippen MR) is 128 cm³/mol. The molecule has 4 N–H and O–H groups in total. The molecule has 1 aromatic carbocycles. The van der Waals surface area contributed by atoms with Crippen molar-refractivity contribution in [2.24, 2.45) is 17.6 Å². The van der Waals surface area contributed by atoms with Crippen LogP contribution in [0.1, 0.15) is 51.4 Å². The van der Waals surface area contributed by atoms with E-state index in [9.17, 15) is 18.0 Å². The highest BCUT2D eigenvalue weighted by Crippen LogP contribution is 2.35. The number of piperidine rings is 1. The fraction of sp³-hybridized carbons (Fsp3) is 0.478. The Balaban J connectivity index is 1.53. The molecule has 1 aromatic heterocycles. The number of primary amides is 1. The Hall–Kier alpha value is -2.27. The second-order valence-electron chi connectivity index (χ2n) is 9.45. The molecule has 0 aliphatic carbocycles. The maximum Gasteiger partial charge on any atom is 0.256 e. The van der Waals surface area contributed by atoms with Gasteiger partial charge in [0, 0.05) is 25.1 Å². The molecule has 2 aliphatic heterocycles. The third-order valence-corrected chi connectivity index (χ3v) is 9.41. The third-order valence-electron chi connectivity index (χ3n) is 6.42. The molecule has 0 bridgehead atoms. The standard InChI is InChI=1S/C23H30N4O4S2/c1-14-10-15(2)12-27(11-14)33(30,31)17-6-4-16(5-7-17)22(29)25-23-20(21(24)28)18-8-9-26(3)13-19(18)32-23/h4-7,14-15H,8-13H2,1-3H3,(H2,24,28)(H,25,29)/p+1. The summed E-state index contributed by atoms with van der Waals surface area (Å²) < 4.78 is 27.7. The van der Waals surface area contributed by atoms with Crippen LogP contribution in [0.4, 0.5) is 5.00 Å². The minimum atomic E-state index is -3.61. The van der Waals surface area contributed by atoms with Crippen molar-refractivity contribution in [3.05, 3.63) is 45.8 Å². The van der Waals surface area contributed by atoms with Crippen molar-refractivity contribution in [3.8, 4) is 0 Å². The Morgan fingerprint density at radius 3 is 2.39 bits per heavy atom. The van der Waals surface area contributed by atoms with Crippen molar-refractivity contribution >= 4 is 38.2 Å². The van der Waals surface area contributed by atoms with Gasteiger partial charge in [-0.3, -0.25) is 9.59 Å². The molecule has 2 amide bonds. The van der Waals surface area contributed by atoms with Gasteiger partial charge in [-0.15, -0.1) is 11.3 Å². The minimum absolute atomic E-state index is 0.177. The van der Waals surface area contributed by atoms with Gasteiger partial charge in [0.05, 0.1) is 28.9 Å². The molecule has 178 valence electrons. The van der Waals surface area contributed by atoms with Crippen LogP contribution in [0.5, 0.6) is 0 Å². The summed E-state index contributed by atoms with van der Waals surface area (Å²) in [6, 6.07) is 5.96. The molecule has 1 saturated heterocycles. The number of nitrogens with one attached hydrogen (secondary N) is 2. The zero-order chi connectivity index (χ0) is 23.9. The summed E-state index contributed by atoms with van der Waals surface area (Å²) in [5, 5.41) is 3.28. The molecule has 10 heteroatoms. The van der Waals surface area contributed by atoms with E-state index in [1.54, 1.807) is 0 Å². The first-order valence-electron chi connectivity index (χ1n) is 11.2. The zero-order valence-electron chi connectivity index (χ0n) is 19.2. The number of quaternary nitrogens is 1. The zero-order valence-corrected chi connectivity index (χ0v) is 20.8. The second-order valence-corrected chi connectivity index (χ2v) is 12.5. The molecule has 4 rings (SSSR count). The molecule has 0 radical (unpaired) electrons. The van der Waals surface area contributed by atoms with Crippen molar-refractivity contribution < 1.29 is 22.9 Å². The topological polar surface area (TPSA) is 114 Å². The summed E-state index contributed by atoms with van der Waals surface area (Å²) in [6.45, 7) is 6.83. The van der Waals surface area contributed by atoms with Crippen LogP contribution < -0.4 is 16.0 Å². The fourth-order valence-corrected chi connectivity index (χ4v) is 7.92. The lowest BCUT2D eigenvalue weighted by Crippen LogP contribution is -3.08. The van der Waals surface area contributed by atoms with Gasteiger partial charge in [-0.1, -0.05) is 13.8 Å². The number of sulfonamides is 1. The van der Waals surface area contributed by atoms with E-state index in [0.29, 0.717) is 41.1 Å². The van der Waals surface area contributed by atoms with Crippen LogP contribution in [-0.2, 0) is 23.0 Å². The number of carbonyl (C=O) groups is 2. The number of thiophene rings is 1. The fourth-order valence-electron chi connectivity index (χ4n) is 4.87. The first kappa shape index (κ1) is 23.9. The van der Waals surface area contributed by atoms with Crippen LogP contribution >= 0.6 is 11.3 Å². The summed E-state index contributed by atoms with van der Waals surface area (Å²) in [5.74, 6) is -0.327. The number of nitrogens with two attached hydrogens (primary N) is 1. The van der Waals surface area contributed by atoms with Gasteiger partial charge in [0.15, 0.2) is 0 Å². The van der Waals surface area contributed by atoms with Crippen LogP contribution in [0.2, 0.25) is 0 Å². The molecular weight excluding hydrogens is 460 g/mol. The van der Waals surface area contributed by atoms with Gasteiger partial charge in [-0.05, 0) is 48.1 Å². The van der Waals surface area contributed by atoms with E-state index in [1.165, 1.54) is 44.8 Å². The number of carbonyl (C=O) groups excluding carboxylic acids is 2. The monoisotopic (exact) mass is 491 g/mol. The summed E-state index contributed by atoms with van der Waals surface area (Å²) in [4.78, 5) is 27.6. The molecule has 8 nitrogen and oxygen atoms in total. The van der Waals surface area contributed by atoms with Crippen LogP contribution in [-0.4, -0.2) is 51.2 Å². The Morgan fingerprint density at radius 2 is 1.79 bits per heavy atom. The summed E-state index contributed by atoms with van der Waals surface area (Å²) in [6.07, 6.45) is 1.76. The molecule has 0 spiro atoms. The van der Waals surface area contributed by atoms with Gasteiger partial charge in [-0.2, -0.15) is 4.31 Å². The van der Waals surface area contributed by atoms with Gasteiger partial charge < -0.3 is 16.0 Å². The van der Waals surface area contributed by atoms with E-state index in [-0.39, 0.29) is 4.90 Å². The lowest BCUT2D eigenvalue weighted by atomic mass is 9.94. The number of hydrogen-bond acceptors (Lipinski definition) is 5. The smallest absolute Gasteiger partial charge is 0.256 e. The number of amides is 2. The van der Waals surface area contributed by atoms with Gasteiger partial charge >= 0.3 is 0 Å². The number of benzene rings is 1. The number of nitrogens with zero attached hydrogens (tertiary/aromatic N) is 1. The number of rotatable bonds is 5. The minimum Gasteiger partial charge on any atom is -0.365 e. The molecule has 3 atom stereocenters. The van der Waals surface area contributed by atoms with E-state index in [1.807, 2.05) is 0 Å². The van der Waals surface area contributed by atoms with Crippen molar-refractivity contribution in [2.75, 3.05) is 32.0 Å². The molecule has 1 fully saturated rings. The van der Waals surface area contributed by atoms with Crippen molar-refractivity contribution in [2.45, 2.75) is 38.1 Å². The molecule has 2 aliphatic rings. The SMILES string of the molecule is CC1CC(C)CN(S(=O)(=O)c2ccc(C(=O)Nc3sc4c(c3C(N)=O)CC[NH+](C)C4)cc2)C1. The number of fused-ring (bicyclic) bond motifs is 1. The predicted octanol–water partition coefficient (Wildman–Crippen LogP) is 1.34. The van der Waals surface area contributed by atoms with E-state index in [2.05, 4.69) is 26.2 Å². The molecule has 0 saturated carbocycles. The molecule has 33 heavy (non-hydrogen) atoms. The van der Waals surface area contributed by atoms with Crippen molar-refractivity contribution in [1.29, 1.82) is 0 Å². The highest BCUT2D eigenvalue weighted by Gasteiger charge is 2.32. The third kappa shape index (κ3) is 4.84. The highest BCUT2D eigenvalue weighted by atomic mass is 32.2. The van der Waals surface area contributed by atoms with Crippen molar-refractivity contribution in [3.63, 3.8) is 0 Å². The normalized spacial score (nSPS) is 23.7. The van der Waals surface area contributed by atoms with Crippen LogP contribution in [0.3, 0.4) is 0 Å². The average molecular weight is 492 g/mol. The number of anilines is 1. The number of likely N-dealkylation sites (N-methyl/N-ethyl adjacent to an activating group) is 1. The molecule has 3 heterocycles. The summed E-state index contributed by atoms with van der Waals surface area (Å²) >= 11 is 1.39.